The minimum absolute atomic E-state index is 0.178. The quantitative estimate of drug-likeness (QED) is 0.159. The monoisotopic (exact) mass is 540 g/mol. The number of carbonyl (C=O) groups excluding carboxylic acids is 2. The fourth-order valence-corrected chi connectivity index (χ4v) is 3.07. The van der Waals surface area contributed by atoms with Crippen LogP contribution in [0.15, 0.2) is 76.3 Å². The number of hydrogen-bond acceptors (Lipinski definition) is 7. The van der Waals surface area contributed by atoms with Crippen molar-refractivity contribution in [1.29, 1.82) is 0 Å². The number of rotatable bonds is 11. The Bertz CT molecular complexity index is 1160. The van der Waals surface area contributed by atoms with Crippen molar-refractivity contribution in [2.45, 2.75) is 13.3 Å². The van der Waals surface area contributed by atoms with Gasteiger partial charge in [0.2, 0.25) is 0 Å². The Balaban J connectivity index is 1.54. The third-order valence-corrected chi connectivity index (χ3v) is 5.07. The van der Waals surface area contributed by atoms with Crippen LogP contribution in [-0.2, 0) is 4.79 Å². The molecule has 3 rings (SSSR count). The predicted octanol–water partition coefficient (Wildman–Crippen LogP) is 4.99. The smallest absolute Gasteiger partial charge is 0.343 e. The van der Waals surface area contributed by atoms with Gasteiger partial charge in [0.25, 0.3) is 5.91 Å². The molecule has 0 aliphatic carbocycles. The maximum absolute atomic E-state index is 12.5. The standard InChI is InChI=1S/C26H25BrN2O6/c1-3-14-33-21-9-5-19(6-10-21)26(31)35-23-13-4-18(15-24(23)32-2)16-28-29-25(30)17-34-22-11-7-20(27)8-12-22/h4-13,15-16H,3,14,17H2,1-2H3,(H,29,30). The number of ether oxygens (including phenoxy) is 4. The second-order valence-electron chi connectivity index (χ2n) is 7.21. The summed E-state index contributed by atoms with van der Waals surface area (Å²) in [5.74, 6) is 0.931. The number of carbonyl (C=O) groups is 2. The molecule has 1 amide bonds. The van der Waals surface area contributed by atoms with Crippen molar-refractivity contribution in [3.8, 4) is 23.0 Å². The molecule has 0 heterocycles. The van der Waals surface area contributed by atoms with Gasteiger partial charge in [0, 0.05) is 4.47 Å². The Hall–Kier alpha value is -3.85. The van der Waals surface area contributed by atoms with Crippen molar-refractivity contribution in [2.24, 2.45) is 5.10 Å². The van der Waals surface area contributed by atoms with Crippen LogP contribution in [0.1, 0.15) is 29.3 Å². The summed E-state index contributed by atoms with van der Waals surface area (Å²) >= 11 is 3.34. The molecule has 8 nitrogen and oxygen atoms in total. The van der Waals surface area contributed by atoms with Crippen LogP contribution < -0.4 is 24.4 Å². The first-order chi connectivity index (χ1) is 17.0. The van der Waals surface area contributed by atoms with E-state index in [4.69, 9.17) is 18.9 Å². The van der Waals surface area contributed by atoms with E-state index in [-0.39, 0.29) is 12.4 Å². The number of esters is 1. The molecule has 0 spiro atoms. The number of halogens is 1. The molecule has 0 unspecified atom stereocenters. The minimum Gasteiger partial charge on any atom is -0.494 e. The Morgan fingerprint density at radius 3 is 2.31 bits per heavy atom. The van der Waals surface area contributed by atoms with Crippen LogP contribution in [0.25, 0.3) is 0 Å². The highest BCUT2D eigenvalue weighted by atomic mass is 79.9. The van der Waals surface area contributed by atoms with E-state index in [0.717, 1.165) is 10.9 Å². The van der Waals surface area contributed by atoms with Crippen molar-refractivity contribution < 1.29 is 28.5 Å². The van der Waals surface area contributed by atoms with Crippen LogP contribution in [0, 0.1) is 0 Å². The molecule has 182 valence electrons. The van der Waals surface area contributed by atoms with E-state index < -0.39 is 11.9 Å². The second-order valence-corrected chi connectivity index (χ2v) is 8.12. The summed E-state index contributed by atoms with van der Waals surface area (Å²) in [7, 11) is 1.47. The number of hydrogen-bond donors (Lipinski definition) is 1. The summed E-state index contributed by atoms with van der Waals surface area (Å²) < 4.78 is 22.7. The molecule has 1 N–H and O–H groups in total. The van der Waals surface area contributed by atoms with E-state index in [1.54, 1.807) is 54.6 Å². The molecule has 0 aromatic heterocycles. The molecule has 0 aliphatic heterocycles. The summed E-state index contributed by atoms with van der Waals surface area (Å²) in [6.07, 6.45) is 2.35. The zero-order valence-corrected chi connectivity index (χ0v) is 20.9. The Labute approximate surface area is 212 Å². The highest BCUT2D eigenvalue weighted by Gasteiger charge is 2.13. The number of nitrogens with one attached hydrogen (secondary N) is 1. The topological polar surface area (TPSA) is 95.5 Å². The highest BCUT2D eigenvalue weighted by molar-refractivity contribution is 9.10. The van der Waals surface area contributed by atoms with Crippen LogP contribution in [0.4, 0.5) is 0 Å². The maximum atomic E-state index is 12.5. The highest BCUT2D eigenvalue weighted by Crippen LogP contribution is 2.28. The fraction of sp³-hybridized carbons (Fsp3) is 0.192. The maximum Gasteiger partial charge on any atom is 0.343 e. The molecule has 9 heteroatoms. The Kier molecular flexibility index (Phi) is 9.68. The van der Waals surface area contributed by atoms with Gasteiger partial charge in [-0.05, 0) is 78.7 Å². The second kappa shape index (κ2) is 13.1. The van der Waals surface area contributed by atoms with Gasteiger partial charge >= 0.3 is 5.97 Å². The summed E-state index contributed by atoms with van der Waals surface area (Å²) in [5.41, 5.74) is 3.41. The zero-order valence-electron chi connectivity index (χ0n) is 19.3. The summed E-state index contributed by atoms with van der Waals surface area (Å²) in [4.78, 5) is 24.4. The van der Waals surface area contributed by atoms with Gasteiger partial charge in [-0.25, -0.2) is 10.2 Å². The molecule has 0 saturated heterocycles. The molecular weight excluding hydrogens is 516 g/mol. The lowest BCUT2D eigenvalue weighted by Gasteiger charge is -2.10. The molecule has 35 heavy (non-hydrogen) atoms. The van der Waals surface area contributed by atoms with Crippen LogP contribution in [0.3, 0.4) is 0 Å². The van der Waals surface area contributed by atoms with Gasteiger partial charge in [-0.3, -0.25) is 4.79 Å². The number of amides is 1. The molecule has 0 aliphatic rings. The van der Waals surface area contributed by atoms with E-state index in [0.29, 0.717) is 35.0 Å². The molecular formula is C26H25BrN2O6. The van der Waals surface area contributed by atoms with E-state index in [1.165, 1.54) is 13.3 Å². The lowest BCUT2D eigenvalue weighted by molar-refractivity contribution is -0.123. The molecule has 0 radical (unpaired) electrons. The first kappa shape index (κ1) is 25.8. The summed E-state index contributed by atoms with van der Waals surface area (Å²) in [6.45, 7) is 2.46. The van der Waals surface area contributed by atoms with Gasteiger partial charge in [-0.1, -0.05) is 22.9 Å². The number of methoxy groups -OCH3 is 1. The van der Waals surface area contributed by atoms with Crippen LogP contribution in [0.2, 0.25) is 0 Å². The van der Waals surface area contributed by atoms with E-state index >= 15 is 0 Å². The van der Waals surface area contributed by atoms with Crippen LogP contribution >= 0.6 is 15.9 Å². The van der Waals surface area contributed by atoms with Gasteiger partial charge < -0.3 is 18.9 Å². The number of nitrogens with zero attached hydrogens (tertiary/aromatic N) is 1. The third kappa shape index (κ3) is 8.15. The predicted molar refractivity (Wildman–Crippen MR) is 136 cm³/mol. The van der Waals surface area contributed by atoms with Crippen LogP contribution in [0.5, 0.6) is 23.0 Å². The SMILES string of the molecule is CCCOc1ccc(C(=O)Oc2ccc(C=NNC(=O)COc3ccc(Br)cc3)cc2OC)cc1. The normalized spacial score (nSPS) is 10.6. The molecule has 0 saturated carbocycles. The van der Waals surface area contributed by atoms with Crippen LogP contribution in [-0.4, -0.2) is 38.4 Å². The van der Waals surface area contributed by atoms with E-state index in [9.17, 15) is 9.59 Å². The van der Waals surface area contributed by atoms with Gasteiger partial charge in [0.15, 0.2) is 18.1 Å². The average Bonchev–Trinajstić information content (AvgIpc) is 2.88. The molecule has 0 bridgehead atoms. The molecule has 0 fully saturated rings. The Morgan fingerprint density at radius 1 is 0.943 bits per heavy atom. The van der Waals surface area contributed by atoms with E-state index in [1.807, 2.05) is 19.1 Å². The lowest BCUT2D eigenvalue weighted by atomic mass is 10.2. The largest absolute Gasteiger partial charge is 0.494 e. The molecule has 3 aromatic rings. The van der Waals surface area contributed by atoms with Crippen molar-refractivity contribution in [3.63, 3.8) is 0 Å². The van der Waals surface area contributed by atoms with Gasteiger partial charge in [0.1, 0.15) is 11.5 Å². The molecule has 0 atom stereocenters. The van der Waals surface area contributed by atoms with Crippen molar-refractivity contribution >= 4 is 34.0 Å². The third-order valence-electron chi connectivity index (χ3n) is 4.54. The first-order valence-electron chi connectivity index (χ1n) is 10.8. The van der Waals surface area contributed by atoms with Crippen molar-refractivity contribution in [1.82, 2.24) is 5.43 Å². The van der Waals surface area contributed by atoms with Crippen molar-refractivity contribution in [3.05, 3.63) is 82.3 Å². The first-order valence-corrected chi connectivity index (χ1v) is 11.6. The summed E-state index contributed by atoms with van der Waals surface area (Å²) in [5, 5.41) is 3.92. The average molecular weight is 541 g/mol. The van der Waals surface area contributed by atoms with Gasteiger partial charge in [0.05, 0.1) is 25.5 Å². The minimum atomic E-state index is -0.523. The summed E-state index contributed by atoms with van der Waals surface area (Å²) in [6, 6.07) is 18.8. The van der Waals surface area contributed by atoms with Crippen molar-refractivity contribution in [2.75, 3.05) is 20.3 Å². The van der Waals surface area contributed by atoms with E-state index in [2.05, 4.69) is 26.5 Å². The zero-order chi connectivity index (χ0) is 25.0. The number of benzene rings is 3. The van der Waals surface area contributed by atoms with Gasteiger partial charge in [-0.2, -0.15) is 5.10 Å². The van der Waals surface area contributed by atoms with Gasteiger partial charge in [-0.15, -0.1) is 0 Å². The number of hydrazone groups is 1. The molecule has 3 aromatic carbocycles. The lowest BCUT2D eigenvalue weighted by Crippen LogP contribution is -2.24. The Morgan fingerprint density at radius 2 is 1.63 bits per heavy atom. The fourth-order valence-electron chi connectivity index (χ4n) is 2.81.